The van der Waals surface area contributed by atoms with E-state index >= 15 is 0 Å². The molecule has 0 fully saturated rings. The average molecular weight is 675 g/mol. The molecule has 47 heavy (non-hydrogen) atoms. The van der Waals surface area contributed by atoms with E-state index in [4.69, 9.17) is 4.74 Å². The second-order valence-corrected chi connectivity index (χ2v) is 15.9. The molecule has 4 heterocycles. The third-order valence-corrected chi connectivity index (χ3v) is 12.2. The quantitative estimate of drug-likeness (QED) is 0.144. The number of benzene rings is 2. The highest BCUT2D eigenvalue weighted by Crippen LogP contribution is 2.58. The predicted octanol–water partition coefficient (Wildman–Crippen LogP) is 8.02. The van der Waals surface area contributed by atoms with Gasteiger partial charge in [-0.1, -0.05) is 44.2 Å². The Morgan fingerprint density at radius 1 is 1.15 bits per heavy atom. The summed E-state index contributed by atoms with van der Waals surface area (Å²) in [7, 11) is -3.32. The Balaban J connectivity index is 1.43. The van der Waals surface area contributed by atoms with Crippen LogP contribution in [0.1, 0.15) is 66.5 Å². The van der Waals surface area contributed by atoms with Gasteiger partial charge in [0.2, 0.25) is 5.91 Å². The van der Waals surface area contributed by atoms with Crippen LogP contribution in [0.15, 0.2) is 71.9 Å². The number of hydrogen-bond donors (Lipinski definition) is 3. The van der Waals surface area contributed by atoms with Gasteiger partial charge in [0.05, 0.1) is 29.4 Å². The molecule has 0 aliphatic carbocycles. The van der Waals surface area contributed by atoms with E-state index in [1.165, 1.54) is 0 Å². The third-order valence-electron chi connectivity index (χ3n) is 9.15. The zero-order valence-corrected chi connectivity index (χ0v) is 29.2. The van der Waals surface area contributed by atoms with Crippen molar-refractivity contribution in [3.05, 3.63) is 93.4 Å². The average Bonchev–Trinajstić information content (AvgIpc) is 3.62. The van der Waals surface area contributed by atoms with Crippen molar-refractivity contribution in [3.63, 3.8) is 0 Å². The van der Waals surface area contributed by atoms with Gasteiger partial charge in [-0.05, 0) is 80.3 Å². The lowest BCUT2D eigenvalue weighted by atomic mass is 9.72. The lowest BCUT2D eigenvalue weighted by Crippen LogP contribution is -2.37. The number of fused-ring (bicyclic) bond motifs is 2. The van der Waals surface area contributed by atoms with Crippen LogP contribution in [0.3, 0.4) is 0 Å². The van der Waals surface area contributed by atoms with E-state index < -0.39 is 16.2 Å². The number of amides is 1. The fourth-order valence-electron chi connectivity index (χ4n) is 6.35. The normalized spacial score (nSPS) is 17.8. The van der Waals surface area contributed by atoms with E-state index in [0.717, 1.165) is 43.9 Å². The Kier molecular flexibility index (Phi) is 9.16. The Morgan fingerprint density at radius 2 is 1.94 bits per heavy atom. The first-order chi connectivity index (χ1) is 22.4. The van der Waals surface area contributed by atoms with Crippen LogP contribution in [-0.4, -0.2) is 51.9 Å². The Morgan fingerprint density at radius 3 is 2.66 bits per heavy atom. The summed E-state index contributed by atoms with van der Waals surface area (Å²) in [6, 6.07) is 17.1. The van der Waals surface area contributed by atoms with Gasteiger partial charge in [-0.15, -0.1) is 27.2 Å². The number of ether oxygens (including phenoxy) is 1. The van der Waals surface area contributed by atoms with Crippen molar-refractivity contribution < 1.29 is 18.6 Å². The smallest absolute Gasteiger partial charge is 0.231 e. The van der Waals surface area contributed by atoms with Gasteiger partial charge in [0, 0.05) is 35.0 Å². The summed E-state index contributed by atoms with van der Waals surface area (Å²) in [5.41, 5.74) is 4.43. The molecule has 0 saturated heterocycles. The summed E-state index contributed by atoms with van der Waals surface area (Å²) in [6.45, 7) is 13.5. The van der Waals surface area contributed by atoms with Gasteiger partial charge >= 0.3 is 0 Å². The fourth-order valence-corrected chi connectivity index (χ4v) is 9.32. The molecule has 1 aliphatic rings. The minimum atomic E-state index is -3.32. The standard InChI is InChI=1S/C35H42N6O4S2/c1-7-26-21-40(47(43,44)31-14-10-9-13-29(31)45-26)20-24-18-30(46-23(24)4)32(35(5,6)34(42)37-25-12-11-17-36-19-25)27-15-16-28-33(22(27)3)38-39-41(28)8-2/h9-19,26,32,43-44H,7-8,20-21H2,1-6H3,(H,37,42). The zero-order chi connectivity index (χ0) is 33.5. The van der Waals surface area contributed by atoms with E-state index in [0.29, 0.717) is 36.0 Å². The number of nitrogens with one attached hydrogen (secondary N) is 1. The number of thiophene rings is 1. The van der Waals surface area contributed by atoms with Gasteiger partial charge in [-0.25, -0.2) is 4.68 Å². The number of para-hydroxylation sites is 1. The molecule has 2 unspecified atom stereocenters. The molecule has 5 aromatic rings. The molecule has 6 rings (SSSR count). The number of nitrogens with zero attached hydrogens (tertiary/aromatic N) is 5. The van der Waals surface area contributed by atoms with Crippen molar-refractivity contribution >= 4 is 44.7 Å². The molecule has 10 nitrogen and oxygen atoms in total. The first-order valence-electron chi connectivity index (χ1n) is 15.9. The number of rotatable bonds is 9. The van der Waals surface area contributed by atoms with Crippen LogP contribution < -0.4 is 10.1 Å². The molecular weight excluding hydrogens is 633 g/mol. The molecule has 1 aliphatic heterocycles. The van der Waals surface area contributed by atoms with E-state index in [1.54, 1.807) is 52.3 Å². The molecule has 3 N–H and O–H groups in total. The lowest BCUT2D eigenvalue weighted by molar-refractivity contribution is -0.124. The number of aromatic nitrogens is 4. The maximum absolute atomic E-state index is 14.1. The summed E-state index contributed by atoms with van der Waals surface area (Å²) in [5.74, 6) is 0.0303. The first kappa shape index (κ1) is 33.1. The van der Waals surface area contributed by atoms with Crippen LogP contribution in [0.25, 0.3) is 11.0 Å². The van der Waals surface area contributed by atoms with Crippen LogP contribution in [0.5, 0.6) is 5.75 Å². The molecule has 0 radical (unpaired) electrons. The fraction of sp³-hybridized carbons (Fsp3) is 0.371. The van der Waals surface area contributed by atoms with E-state index in [2.05, 4.69) is 39.7 Å². The molecule has 0 saturated carbocycles. The highest BCUT2D eigenvalue weighted by atomic mass is 32.3. The maximum atomic E-state index is 14.1. The van der Waals surface area contributed by atoms with Gasteiger partial charge in [0.25, 0.3) is 0 Å². The molecule has 0 spiro atoms. The molecule has 248 valence electrons. The second-order valence-electron chi connectivity index (χ2n) is 12.6. The molecular formula is C35H42N6O4S2. The summed E-state index contributed by atoms with van der Waals surface area (Å²) < 4.78 is 33.1. The maximum Gasteiger partial charge on any atom is 0.231 e. The Bertz CT molecular complexity index is 1900. The third kappa shape index (κ3) is 6.16. The van der Waals surface area contributed by atoms with Crippen molar-refractivity contribution in [2.45, 2.75) is 78.0 Å². The van der Waals surface area contributed by atoms with Crippen LogP contribution >= 0.6 is 22.1 Å². The van der Waals surface area contributed by atoms with Crippen molar-refractivity contribution in [3.8, 4) is 5.75 Å². The molecule has 2 aromatic carbocycles. The van der Waals surface area contributed by atoms with Crippen molar-refractivity contribution in [1.29, 1.82) is 0 Å². The van der Waals surface area contributed by atoms with E-state index in [-0.39, 0.29) is 17.9 Å². The SMILES string of the molecule is CCC1CN(Cc2cc(C(c3ccc4c(nnn4CC)c3C)C(C)(C)C(=O)Nc3cccnc3)sc2C)S(O)(O)c2ccccc2O1. The van der Waals surface area contributed by atoms with Gasteiger partial charge in [-0.2, -0.15) is 4.31 Å². The molecule has 1 amide bonds. The monoisotopic (exact) mass is 674 g/mol. The van der Waals surface area contributed by atoms with Gasteiger partial charge in [-0.3, -0.25) is 18.9 Å². The van der Waals surface area contributed by atoms with Gasteiger partial charge in [0.1, 0.15) is 22.3 Å². The van der Waals surface area contributed by atoms with Gasteiger partial charge < -0.3 is 10.1 Å². The predicted molar refractivity (Wildman–Crippen MR) is 188 cm³/mol. The Hall–Kier alpha value is -3.81. The molecule has 0 bridgehead atoms. The van der Waals surface area contributed by atoms with E-state index in [9.17, 15) is 13.9 Å². The number of carbonyl (C=O) groups is 1. The summed E-state index contributed by atoms with van der Waals surface area (Å²) in [6.07, 6.45) is 3.84. The van der Waals surface area contributed by atoms with Crippen LogP contribution in [0, 0.1) is 19.3 Å². The number of anilines is 1. The molecule has 2 atom stereocenters. The highest BCUT2D eigenvalue weighted by Gasteiger charge is 2.42. The minimum absolute atomic E-state index is 0.138. The number of pyridine rings is 1. The van der Waals surface area contributed by atoms with E-state index in [1.807, 2.05) is 57.5 Å². The zero-order valence-electron chi connectivity index (χ0n) is 27.6. The van der Waals surface area contributed by atoms with Crippen molar-refractivity contribution in [1.82, 2.24) is 24.3 Å². The van der Waals surface area contributed by atoms with Crippen molar-refractivity contribution in [2.24, 2.45) is 5.41 Å². The highest BCUT2D eigenvalue weighted by molar-refractivity contribution is 8.22. The number of hydrogen-bond acceptors (Lipinski definition) is 9. The molecule has 12 heteroatoms. The number of carbonyl (C=O) groups excluding carboxylic acids is 1. The molecule has 3 aromatic heterocycles. The lowest BCUT2D eigenvalue weighted by Gasteiger charge is -2.41. The van der Waals surface area contributed by atoms with Crippen molar-refractivity contribution in [2.75, 3.05) is 11.9 Å². The minimum Gasteiger partial charge on any atom is -0.487 e. The summed E-state index contributed by atoms with van der Waals surface area (Å²) in [5, 5.41) is 12.0. The second kappa shape index (κ2) is 13.0. The van der Waals surface area contributed by atoms with Crippen LogP contribution in [0.4, 0.5) is 5.69 Å². The first-order valence-corrected chi connectivity index (χ1v) is 18.2. The Labute approximate surface area is 281 Å². The summed E-state index contributed by atoms with van der Waals surface area (Å²) in [4.78, 5) is 20.7. The van der Waals surface area contributed by atoms with Crippen LogP contribution in [-0.2, 0) is 17.9 Å². The largest absolute Gasteiger partial charge is 0.487 e. The summed E-state index contributed by atoms with van der Waals surface area (Å²) >= 11 is 1.63. The topological polar surface area (TPSA) is 126 Å². The number of aryl methyl sites for hydroxylation is 3. The van der Waals surface area contributed by atoms with Gasteiger partial charge in [0.15, 0.2) is 0 Å². The van der Waals surface area contributed by atoms with Crippen LogP contribution in [0.2, 0.25) is 0 Å².